The fourth-order valence-corrected chi connectivity index (χ4v) is 3.51. The first-order chi connectivity index (χ1) is 9.58. The van der Waals surface area contributed by atoms with Gasteiger partial charge in [-0.3, -0.25) is 0 Å². The minimum atomic E-state index is 0.438. The lowest BCUT2D eigenvalue weighted by atomic mass is 10.1. The molecule has 0 fully saturated rings. The lowest BCUT2D eigenvalue weighted by Crippen LogP contribution is -2.21. The zero-order valence-corrected chi connectivity index (χ0v) is 13.4. The van der Waals surface area contributed by atoms with Gasteiger partial charge in [0.05, 0.1) is 5.56 Å². The van der Waals surface area contributed by atoms with Crippen LogP contribution in [-0.4, -0.2) is 11.0 Å². The molecule has 0 aliphatic rings. The Hall–Kier alpha value is -1.35. The average molecular weight is 303 g/mol. The Balaban J connectivity index is 2.16. The third-order valence-corrected chi connectivity index (χ3v) is 4.81. The summed E-state index contributed by atoms with van der Waals surface area (Å²) in [7, 11) is 0. The Kier molecular flexibility index (Phi) is 5.18. The monoisotopic (exact) mass is 303 g/mol. The van der Waals surface area contributed by atoms with Gasteiger partial charge in [-0.2, -0.15) is 5.26 Å². The number of thiazole rings is 1. The molecule has 104 valence electrons. The number of nitriles is 1. The molecule has 0 saturated carbocycles. The molecule has 2 rings (SSSR count). The van der Waals surface area contributed by atoms with Gasteiger partial charge in [0.2, 0.25) is 0 Å². The highest BCUT2D eigenvalue weighted by molar-refractivity contribution is 8.01. The molecule has 0 unspecified atom stereocenters. The number of aromatic nitrogens is 1. The Bertz CT molecular complexity index is 626. The number of nitrogens with zero attached hydrogens (tertiary/aromatic N) is 2. The van der Waals surface area contributed by atoms with Crippen molar-refractivity contribution < 1.29 is 0 Å². The maximum absolute atomic E-state index is 9.30. The first-order valence-electron chi connectivity index (χ1n) is 6.45. The van der Waals surface area contributed by atoms with E-state index in [4.69, 9.17) is 0 Å². The predicted molar refractivity (Wildman–Crippen MR) is 84.1 cm³/mol. The largest absolute Gasteiger partial charge is 0.310 e. The van der Waals surface area contributed by atoms with Crippen LogP contribution < -0.4 is 5.32 Å². The van der Waals surface area contributed by atoms with Gasteiger partial charge in [0.1, 0.15) is 6.07 Å². The molecule has 0 spiro atoms. The number of hydrogen-bond acceptors (Lipinski definition) is 5. The fourth-order valence-electron chi connectivity index (χ4n) is 1.66. The molecular weight excluding hydrogens is 286 g/mol. The molecule has 0 saturated heterocycles. The van der Waals surface area contributed by atoms with Gasteiger partial charge in [-0.1, -0.05) is 31.7 Å². The molecule has 0 atom stereocenters. The molecule has 20 heavy (non-hydrogen) atoms. The maximum Gasteiger partial charge on any atom is 0.154 e. The third-order valence-electron chi connectivity index (χ3n) is 2.67. The lowest BCUT2D eigenvalue weighted by Gasteiger charge is -2.09. The lowest BCUT2D eigenvalue weighted by molar-refractivity contribution is 0.588. The van der Waals surface area contributed by atoms with E-state index >= 15 is 0 Å². The average Bonchev–Trinajstić information content (AvgIpc) is 2.83. The zero-order valence-electron chi connectivity index (χ0n) is 11.8. The number of aryl methyl sites for hydroxylation is 1. The minimum Gasteiger partial charge on any atom is -0.310 e. The van der Waals surface area contributed by atoms with Gasteiger partial charge in [0.25, 0.3) is 0 Å². The number of nitrogens with one attached hydrogen (secondary N) is 1. The third kappa shape index (κ3) is 4.07. The van der Waals surface area contributed by atoms with Gasteiger partial charge < -0.3 is 5.32 Å². The van der Waals surface area contributed by atoms with Crippen molar-refractivity contribution >= 4 is 23.1 Å². The molecule has 0 aliphatic carbocycles. The molecule has 1 N–H and O–H groups in total. The van der Waals surface area contributed by atoms with Crippen molar-refractivity contribution in [3.05, 3.63) is 40.4 Å². The van der Waals surface area contributed by atoms with Gasteiger partial charge in [-0.15, -0.1) is 11.3 Å². The molecule has 0 bridgehead atoms. The second-order valence-electron chi connectivity index (χ2n) is 4.83. The summed E-state index contributed by atoms with van der Waals surface area (Å²) >= 11 is 3.17. The van der Waals surface area contributed by atoms with E-state index in [1.165, 1.54) is 0 Å². The Morgan fingerprint density at radius 2 is 2.25 bits per heavy atom. The summed E-state index contributed by atoms with van der Waals surface area (Å²) < 4.78 is 0.979. The highest BCUT2D eigenvalue weighted by Gasteiger charge is 2.08. The van der Waals surface area contributed by atoms with Crippen molar-refractivity contribution in [2.75, 3.05) is 0 Å². The molecule has 0 aliphatic heterocycles. The molecule has 1 aromatic carbocycles. The van der Waals surface area contributed by atoms with Crippen molar-refractivity contribution in [3.63, 3.8) is 0 Å². The van der Waals surface area contributed by atoms with E-state index in [1.54, 1.807) is 23.1 Å². The second-order valence-corrected chi connectivity index (χ2v) is 6.98. The topological polar surface area (TPSA) is 48.7 Å². The van der Waals surface area contributed by atoms with Gasteiger partial charge in [-0.05, 0) is 24.6 Å². The van der Waals surface area contributed by atoms with Crippen LogP contribution in [0, 0.1) is 18.3 Å². The van der Waals surface area contributed by atoms with E-state index < -0.39 is 0 Å². The minimum absolute atomic E-state index is 0.438. The van der Waals surface area contributed by atoms with Crippen molar-refractivity contribution in [1.82, 2.24) is 10.3 Å². The van der Waals surface area contributed by atoms with Crippen LogP contribution in [0.4, 0.5) is 0 Å². The molecule has 0 radical (unpaired) electrons. The summed E-state index contributed by atoms with van der Waals surface area (Å²) in [6.07, 6.45) is 0. The second kappa shape index (κ2) is 6.89. The van der Waals surface area contributed by atoms with Crippen molar-refractivity contribution in [3.8, 4) is 6.07 Å². The van der Waals surface area contributed by atoms with Crippen LogP contribution >= 0.6 is 23.1 Å². The van der Waals surface area contributed by atoms with Gasteiger partial charge >= 0.3 is 0 Å². The summed E-state index contributed by atoms with van der Waals surface area (Å²) in [6, 6.07) is 8.75. The molecule has 1 aromatic heterocycles. The van der Waals surface area contributed by atoms with E-state index in [0.29, 0.717) is 11.6 Å². The van der Waals surface area contributed by atoms with E-state index in [9.17, 15) is 5.26 Å². The number of hydrogen-bond donors (Lipinski definition) is 1. The van der Waals surface area contributed by atoms with E-state index in [0.717, 1.165) is 27.0 Å². The van der Waals surface area contributed by atoms with E-state index in [-0.39, 0.29) is 0 Å². The van der Waals surface area contributed by atoms with E-state index in [1.807, 2.05) is 24.4 Å². The quantitative estimate of drug-likeness (QED) is 0.908. The number of benzene rings is 1. The maximum atomic E-state index is 9.30. The van der Waals surface area contributed by atoms with Crippen LogP contribution in [0.2, 0.25) is 0 Å². The molecule has 0 amide bonds. The summed E-state index contributed by atoms with van der Waals surface area (Å²) in [5.41, 5.74) is 2.87. The molecule has 3 nitrogen and oxygen atoms in total. The van der Waals surface area contributed by atoms with Crippen LogP contribution in [-0.2, 0) is 6.54 Å². The predicted octanol–water partition coefficient (Wildman–Crippen LogP) is 3.97. The molecule has 1 heterocycles. The Morgan fingerprint density at radius 3 is 2.85 bits per heavy atom. The van der Waals surface area contributed by atoms with Crippen LogP contribution in [0.1, 0.15) is 30.7 Å². The first-order valence-corrected chi connectivity index (χ1v) is 8.14. The van der Waals surface area contributed by atoms with Gasteiger partial charge in [0.15, 0.2) is 4.34 Å². The van der Waals surface area contributed by atoms with Gasteiger partial charge in [-0.25, -0.2) is 4.98 Å². The molecule has 5 heteroatoms. The Morgan fingerprint density at radius 1 is 1.45 bits per heavy atom. The summed E-state index contributed by atoms with van der Waals surface area (Å²) in [4.78, 5) is 5.39. The van der Waals surface area contributed by atoms with Crippen molar-refractivity contribution in [2.45, 2.75) is 42.6 Å². The van der Waals surface area contributed by atoms with Crippen molar-refractivity contribution in [1.29, 1.82) is 5.26 Å². The normalized spacial score (nSPS) is 10.8. The van der Waals surface area contributed by atoms with Crippen LogP contribution in [0.15, 0.2) is 32.8 Å². The Labute approximate surface area is 128 Å². The number of rotatable bonds is 5. The summed E-state index contributed by atoms with van der Waals surface area (Å²) in [5, 5.41) is 14.7. The highest BCUT2D eigenvalue weighted by Crippen LogP contribution is 2.32. The van der Waals surface area contributed by atoms with Crippen LogP contribution in [0.5, 0.6) is 0 Å². The summed E-state index contributed by atoms with van der Waals surface area (Å²) in [6.45, 7) is 6.99. The van der Waals surface area contributed by atoms with Crippen LogP contribution in [0.25, 0.3) is 0 Å². The SMILES string of the molecule is Cc1csc(Sc2ccc(CNC(C)C)cc2C#N)n1. The zero-order chi connectivity index (χ0) is 14.5. The molecular formula is C15H17N3S2. The fraction of sp³-hybridized carbons (Fsp3) is 0.333. The standard InChI is InChI=1S/C15H17N3S2/c1-10(2)17-8-12-4-5-14(13(6-12)7-16)20-15-18-11(3)9-19-15/h4-6,9-10,17H,8H2,1-3H3. The van der Waals surface area contributed by atoms with Crippen molar-refractivity contribution in [2.24, 2.45) is 0 Å². The summed E-state index contributed by atoms with van der Waals surface area (Å²) in [5.74, 6) is 0. The van der Waals surface area contributed by atoms with E-state index in [2.05, 4.69) is 36.3 Å². The highest BCUT2D eigenvalue weighted by atomic mass is 32.2. The smallest absolute Gasteiger partial charge is 0.154 e. The van der Waals surface area contributed by atoms with Gasteiger partial charge in [0, 0.05) is 28.6 Å². The van der Waals surface area contributed by atoms with Crippen LogP contribution in [0.3, 0.4) is 0 Å². The molecule has 2 aromatic rings. The first kappa shape index (κ1) is 15.0.